The van der Waals surface area contributed by atoms with Crippen LogP contribution in [0.15, 0.2) is 60.9 Å². The third-order valence-corrected chi connectivity index (χ3v) is 8.09. The Morgan fingerprint density at radius 2 is 1.69 bits per heavy atom. The molecule has 0 bridgehead atoms. The van der Waals surface area contributed by atoms with E-state index in [1.54, 1.807) is 6.33 Å². The van der Waals surface area contributed by atoms with Crippen LogP contribution in [-0.2, 0) is 0 Å². The van der Waals surface area contributed by atoms with Gasteiger partial charge in [0.2, 0.25) is 0 Å². The molecule has 35 heavy (non-hydrogen) atoms. The van der Waals surface area contributed by atoms with E-state index in [0.29, 0.717) is 29.7 Å². The van der Waals surface area contributed by atoms with Crippen molar-refractivity contribution in [2.45, 2.75) is 24.9 Å². The highest BCUT2D eigenvalue weighted by Gasteiger charge is 2.48. The van der Waals surface area contributed by atoms with Crippen molar-refractivity contribution >= 4 is 16.9 Å². The number of fused-ring (bicyclic) bond motifs is 2. The molecule has 4 atom stereocenters. The van der Waals surface area contributed by atoms with Crippen LogP contribution in [0.3, 0.4) is 0 Å². The van der Waals surface area contributed by atoms with Crippen LogP contribution in [0.1, 0.15) is 18.9 Å². The van der Waals surface area contributed by atoms with E-state index in [1.165, 1.54) is 0 Å². The number of hydrogen-bond donors (Lipinski definition) is 3. The summed E-state index contributed by atoms with van der Waals surface area (Å²) in [6, 6.07) is 18.7. The average Bonchev–Trinajstić information content (AvgIpc) is 3.53. The van der Waals surface area contributed by atoms with E-state index in [0.717, 1.165) is 72.2 Å². The molecule has 1 saturated carbocycles. The second-order valence-electron chi connectivity index (χ2n) is 10.1. The number of rotatable bonds is 5. The van der Waals surface area contributed by atoms with Crippen molar-refractivity contribution in [3.05, 3.63) is 60.9 Å². The summed E-state index contributed by atoms with van der Waals surface area (Å²) in [5.74, 6) is 4.21. The van der Waals surface area contributed by atoms with Gasteiger partial charge < -0.3 is 21.1 Å². The van der Waals surface area contributed by atoms with Crippen molar-refractivity contribution in [3.8, 4) is 22.8 Å². The second kappa shape index (κ2) is 8.32. The molecule has 4 N–H and O–H groups in total. The van der Waals surface area contributed by atoms with E-state index >= 15 is 0 Å². The molecule has 3 aliphatic rings. The quantitative estimate of drug-likeness (QED) is 0.412. The molecule has 1 aliphatic carbocycles. The van der Waals surface area contributed by atoms with Crippen molar-refractivity contribution in [2.24, 2.45) is 17.8 Å². The average molecular weight is 468 g/mol. The Morgan fingerprint density at radius 1 is 0.886 bits per heavy atom. The molecule has 7 rings (SSSR count). The van der Waals surface area contributed by atoms with Crippen molar-refractivity contribution in [2.75, 3.05) is 25.4 Å². The Balaban J connectivity index is 1.20. The van der Waals surface area contributed by atoms with Gasteiger partial charge in [0, 0.05) is 24.7 Å². The molecule has 0 radical (unpaired) electrons. The van der Waals surface area contributed by atoms with Crippen LogP contribution >= 0.6 is 0 Å². The van der Waals surface area contributed by atoms with Crippen LogP contribution in [0.5, 0.6) is 11.5 Å². The van der Waals surface area contributed by atoms with Gasteiger partial charge in [0.25, 0.3) is 0 Å². The molecule has 0 spiro atoms. The van der Waals surface area contributed by atoms with Crippen LogP contribution < -0.4 is 21.1 Å². The van der Waals surface area contributed by atoms with Crippen molar-refractivity contribution in [1.29, 1.82) is 0 Å². The van der Waals surface area contributed by atoms with Gasteiger partial charge in [0.15, 0.2) is 5.65 Å². The molecule has 2 aromatic heterocycles. The highest BCUT2D eigenvalue weighted by Crippen LogP contribution is 2.47. The molecule has 0 amide bonds. The van der Waals surface area contributed by atoms with Crippen LogP contribution in [0.2, 0.25) is 0 Å². The zero-order valence-corrected chi connectivity index (χ0v) is 19.5. The number of nitrogen functional groups attached to an aromatic ring is 1. The van der Waals surface area contributed by atoms with Crippen LogP contribution in [0.4, 0.5) is 5.82 Å². The number of para-hydroxylation sites is 1. The minimum absolute atomic E-state index is 0.328. The highest BCUT2D eigenvalue weighted by molar-refractivity contribution is 5.98. The smallest absolute Gasteiger partial charge is 0.164 e. The molecule has 4 aromatic rings. The second-order valence-corrected chi connectivity index (χ2v) is 10.1. The number of hydrogen-bond acceptors (Lipinski definition) is 7. The van der Waals surface area contributed by atoms with Gasteiger partial charge in [-0.25, -0.2) is 14.6 Å². The Hall–Kier alpha value is -3.49. The van der Waals surface area contributed by atoms with Gasteiger partial charge in [-0.1, -0.05) is 18.2 Å². The van der Waals surface area contributed by atoms with Crippen molar-refractivity contribution in [3.63, 3.8) is 0 Å². The van der Waals surface area contributed by atoms with Gasteiger partial charge in [-0.3, -0.25) is 0 Å². The van der Waals surface area contributed by atoms with Gasteiger partial charge in [-0.05, 0) is 73.5 Å². The van der Waals surface area contributed by atoms with Gasteiger partial charge in [0.1, 0.15) is 29.3 Å². The third kappa shape index (κ3) is 3.56. The molecule has 8 nitrogen and oxygen atoms in total. The molecule has 178 valence electrons. The molecule has 3 fully saturated rings. The molecule has 0 unspecified atom stereocenters. The summed E-state index contributed by atoms with van der Waals surface area (Å²) in [6.07, 6.45) is 3.80. The number of benzene rings is 2. The molecular formula is C27H29N7O. The number of ether oxygens (including phenoxy) is 1. The highest BCUT2D eigenvalue weighted by atomic mass is 16.5. The number of nitrogens with one attached hydrogen (secondary N) is 2. The van der Waals surface area contributed by atoms with E-state index in [-0.39, 0.29) is 0 Å². The fourth-order valence-corrected chi connectivity index (χ4v) is 6.28. The van der Waals surface area contributed by atoms with Gasteiger partial charge >= 0.3 is 0 Å². The van der Waals surface area contributed by atoms with Crippen LogP contribution in [0, 0.1) is 17.8 Å². The zero-order chi connectivity index (χ0) is 23.4. The first-order valence-corrected chi connectivity index (χ1v) is 12.5. The monoisotopic (exact) mass is 467 g/mol. The number of anilines is 1. The first-order valence-electron chi connectivity index (χ1n) is 12.5. The summed E-state index contributed by atoms with van der Waals surface area (Å²) in [7, 11) is 0. The summed E-state index contributed by atoms with van der Waals surface area (Å²) >= 11 is 0. The standard InChI is InChI=1S/C27H29N7O/c28-26-23-25(16-6-8-21(9-7-16)35-20-4-2-1-3-5-20)33-34(27(23)32-15-31-26)19-10-17-14-30-24(22(17)11-19)18-12-29-13-18/h1-9,15,17-19,22,24,29-30H,10-14H2,(H2,28,31,32)/t17-,19+,22+,24-/m1/s1. The Morgan fingerprint density at radius 3 is 2.46 bits per heavy atom. The van der Waals surface area contributed by atoms with E-state index in [2.05, 4.69) is 25.3 Å². The Labute approximate surface area is 203 Å². The third-order valence-electron chi connectivity index (χ3n) is 8.09. The molecule has 4 heterocycles. The van der Waals surface area contributed by atoms with Crippen LogP contribution in [0.25, 0.3) is 22.3 Å². The minimum Gasteiger partial charge on any atom is -0.457 e. The lowest BCUT2D eigenvalue weighted by Gasteiger charge is -2.35. The lowest BCUT2D eigenvalue weighted by atomic mass is 9.83. The maximum atomic E-state index is 6.37. The van der Waals surface area contributed by atoms with Gasteiger partial charge in [0.05, 0.1) is 11.4 Å². The van der Waals surface area contributed by atoms with Gasteiger partial charge in [-0.2, -0.15) is 5.10 Å². The molecule has 2 aromatic carbocycles. The first-order chi connectivity index (χ1) is 17.2. The van der Waals surface area contributed by atoms with E-state index in [9.17, 15) is 0 Å². The number of nitrogens with zero attached hydrogens (tertiary/aromatic N) is 4. The maximum Gasteiger partial charge on any atom is 0.164 e. The topological polar surface area (TPSA) is 103 Å². The Kier molecular flexibility index (Phi) is 4.96. The van der Waals surface area contributed by atoms with E-state index in [4.69, 9.17) is 15.6 Å². The predicted molar refractivity (Wildman–Crippen MR) is 135 cm³/mol. The molecule has 8 heteroatoms. The summed E-state index contributed by atoms with van der Waals surface area (Å²) in [5, 5.41) is 13.2. The van der Waals surface area contributed by atoms with Crippen molar-refractivity contribution in [1.82, 2.24) is 30.4 Å². The van der Waals surface area contributed by atoms with Crippen LogP contribution in [-0.4, -0.2) is 45.4 Å². The first kappa shape index (κ1) is 20.8. The lowest BCUT2D eigenvalue weighted by molar-refractivity contribution is 0.222. The molecule has 2 aliphatic heterocycles. The summed E-state index contributed by atoms with van der Waals surface area (Å²) < 4.78 is 8.10. The fraction of sp³-hybridized carbons (Fsp3) is 0.370. The summed E-state index contributed by atoms with van der Waals surface area (Å²) in [4.78, 5) is 8.93. The maximum absolute atomic E-state index is 6.37. The fourth-order valence-electron chi connectivity index (χ4n) is 6.28. The molecule has 2 saturated heterocycles. The van der Waals surface area contributed by atoms with E-state index in [1.807, 2.05) is 54.6 Å². The minimum atomic E-state index is 0.328. The summed E-state index contributed by atoms with van der Waals surface area (Å²) in [6.45, 7) is 3.37. The van der Waals surface area contributed by atoms with E-state index < -0.39 is 0 Å². The Bertz CT molecular complexity index is 1350. The zero-order valence-electron chi connectivity index (χ0n) is 19.5. The predicted octanol–water partition coefficient (Wildman–Crippen LogP) is 3.63. The normalized spacial score (nSPS) is 26.1. The van der Waals surface area contributed by atoms with Crippen molar-refractivity contribution < 1.29 is 4.74 Å². The number of nitrogens with two attached hydrogens (primary N) is 1. The number of aromatic nitrogens is 4. The van der Waals surface area contributed by atoms with Gasteiger partial charge in [-0.15, -0.1) is 0 Å². The summed E-state index contributed by atoms with van der Waals surface area (Å²) in [5.41, 5.74) is 9.02. The molecular weight excluding hydrogens is 438 g/mol. The SMILES string of the molecule is Nc1ncnc2c1c(-c1ccc(Oc3ccccc3)cc1)nn2[C@H]1C[C@@H]2CN[C@H](C3CNC3)[C@H]2C1. The largest absolute Gasteiger partial charge is 0.457 e. The lowest BCUT2D eigenvalue weighted by Crippen LogP contribution is -2.53.